The number of carbonyl (C=O) groups is 1. The molecule has 1 saturated heterocycles. The Morgan fingerprint density at radius 2 is 2.50 bits per heavy atom. The Bertz CT molecular complexity index is 433. The van der Waals surface area contributed by atoms with Crippen molar-refractivity contribution in [3.8, 4) is 0 Å². The number of nitrogens with zero attached hydrogens (tertiary/aromatic N) is 2. The van der Waals surface area contributed by atoms with Crippen LogP contribution in [0.15, 0.2) is 6.20 Å². The van der Waals surface area contributed by atoms with Gasteiger partial charge in [0.1, 0.15) is 0 Å². The van der Waals surface area contributed by atoms with E-state index < -0.39 is 5.97 Å². The average molecular weight is 271 g/mol. The summed E-state index contributed by atoms with van der Waals surface area (Å²) in [5.41, 5.74) is 1.04. The van der Waals surface area contributed by atoms with Gasteiger partial charge in [-0.15, -0.1) is 0 Å². The predicted octanol–water partition coefficient (Wildman–Crippen LogP) is 1.89. The van der Waals surface area contributed by atoms with Gasteiger partial charge in [-0.25, -0.2) is 14.8 Å². The van der Waals surface area contributed by atoms with E-state index in [9.17, 15) is 4.79 Å². The molecular formula is C12H15ClN2O3. The van der Waals surface area contributed by atoms with Gasteiger partial charge in [-0.1, -0.05) is 0 Å². The monoisotopic (exact) mass is 270 g/mol. The first-order chi connectivity index (χ1) is 8.70. The van der Waals surface area contributed by atoms with Crippen LogP contribution in [-0.4, -0.2) is 35.8 Å². The molecular weight excluding hydrogens is 256 g/mol. The number of hydrogen-bond acceptors (Lipinski definition) is 5. The number of ether oxygens (including phenoxy) is 2. The van der Waals surface area contributed by atoms with Crippen molar-refractivity contribution in [2.75, 3.05) is 19.8 Å². The average Bonchev–Trinajstić information content (AvgIpc) is 2.84. The minimum atomic E-state index is -0.448. The molecule has 1 unspecified atom stereocenters. The lowest BCUT2D eigenvalue weighted by Gasteiger charge is -2.10. The van der Waals surface area contributed by atoms with E-state index in [4.69, 9.17) is 21.1 Å². The third kappa shape index (κ3) is 3.17. The van der Waals surface area contributed by atoms with Crippen LogP contribution in [0.2, 0.25) is 5.28 Å². The Morgan fingerprint density at radius 1 is 1.67 bits per heavy atom. The molecule has 0 radical (unpaired) electrons. The lowest BCUT2D eigenvalue weighted by Crippen LogP contribution is -2.14. The molecule has 1 aliphatic heterocycles. The maximum Gasteiger partial charge on any atom is 0.357 e. The summed E-state index contributed by atoms with van der Waals surface area (Å²) in [7, 11) is 0. The summed E-state index contributed by atoms with van der Waals surface area (Å²) in [4.78, 5) is 19.7. The number of hydrogen-bond donors (Lipinski definition) is 0. The van der Waals surface area contributed by atoms with Crippen molar-refractivity contribution < 1.29 is 14.3 Å². The van der Waals surface area contributed by atoms with Crippen molar-refractivity contribution in [3.05, 3.63) is 22.7 Å². The molecule has 0 bridgehead atoms. The normalized spacial score (nSPS) is 18.9. The van der Waals surface area contributed by atoms with E-state index in [1.54, 1.807) is 13.1 Å². The molecule has 0 aromatic carbocycles. The summed E-state index contributed by atoms with van der Waals surface area (Å²) in [5.74, 6) is -0.0429. The van der Waals surface area contributed by atoms with Crippen molar-refractivity contribution in [1.29, 1.82) is 0 Å². The quantitative estimate of drug-likeness (QED) is 0.618. The summed E-state index contributed by atoms with van der Waals surface area (Å²) in [6.45, 7) is 3.55. The molecule has 2 rings (SSSR count). The molecule has 1 aromatic rings. The van der Waals surface area contributed by atoms with Crippen molar-refractivity contribution in [2.24, 2.45) is 5.92 Å². The van der Waals surface area contributed by atoms with E-state index in [0.29, 0.717) is 25.6 Å². The maximum absolute atomic E-state index is 11.8. The number of esters is 1. The lowest BCUT2D eigenvalue weighted by atomic mass is 9.99. The van der Waals surface area contributed by atoms with Gasteiger partial charge in [0.15, 0.2) is 5.69 Å². The minimum absolute atomic E-state index is 0.0597. The van der Waals surface area contributed by atoms with E-state index >= 15 is 0 Å². The van der Waals surface area contributed by atoms with E-state index in [2.05, 4.69) is 9.97 Å². The highest BCUT2D eigenvalue weighted by Gasteiger charge is 2.22. The number of halogens is 1. The molecule has 0 N–H and O–H groups in total. The van der Waals surface area contributed by atoms with Gasteiger partial charge in [0.2, 0.25) is 5.28 Å². The van der Waals surface area contributed by atoms with Gasteiger partial charge in [-0.3, -0.25) is 0 Å². The highest BCUT2D eigenvalue weighted by Crippen LogP contribution is 2.20. The number of carbonyl (C=O) groups excluding carboxylic acids is 1. The zero-order valence-electron chi connectivity index (χ0n) is 10.2. The van der Waals surface area contributed by atoms with Crippen LogP contribution in [0, 0.1) is 5.92 Å². The van der Waals surface area contributed by atoms with Crippen LogP contribution in [0.1, 0.15) is 29.4 Å². The zero-order valence-corrected chi connectivity index (χ0v) is 10.9. The van der Waals surface area contributed by atoms with Crippen LogP contribution in [0.3, 0.4) is 0 Å². The molecule has 0 amide bonds. The second kappa shape index (κ2) is 6.11. The first-order valence-electron chi connectivity index (χ1n) is 5.97. The third-order valence-electron chi connectivity index (χ3n) is 2.84. The lowest BCUT2D eigenvalue weighted by molar-refractivity contribution is 0.0517. The Balaban J connectivity index is 2.19. The molecule has 1 aliphatic rings. The standard InChI is InChI=1S/C12H15ClN2O3/c1-2-18-11(16)10-9(6-14-12(13)15-10)5-8-3-4-17-7-8/h6,8H,2-5,7H2,1H3. The van der Waals surface area contributed by atoms with Crippen LogP contribution in [0.5, 0.6) is 0 Å². The van der Waals surface area contributed by atoms with Crippen LogP contribution >= 0.6 is 11.6 Å². The smallest absolute Gasteiger partial charge is 0.357 e. The first-order valence-corrected chi connectivity index (χ1v) is 6.34. The minimum Gasteiger partial charge on any atom is -0.461 e. The fourth-order valence-electron chi connectivity index (χ4n) is 1.97. The summed E-state index contributed by atoms with van der Waals surface area (Å²) in [5, 5.41) is 0.0597. The molecule has 6 heteroatoms. The highest BCUT2D eigenvalue weighted by atomic mass is 35.5. The van der Waals surface area contributed by atoms with Crippen LogP contribution in [0.4, 0.5) is 0 Å². The Morgan fingerprint density at radius 3 is 3.17 bits per heavy atom. The van der Waals surface area contributed by atoms with Gasteiger partial charge < -0.3 is 9.47 Å². The van der Waals surface area contributed by atoms with Crippen molar-refractivity contribution in [3.63, 3.8) is 0 Å². The topological polar surface area (TPSA) is 61.3 Å². The van der Waals surface area contributed by atoms with Gasteiger partial charge in [0, 0.05) is 25.0 Å². The summed E-state index contributed by atoms with van der Waals surface area (Å²) in [6, 6.07) is 0. The van der Waals surface area contributed by atoms with Gasteiger partial charge in [-0.2, -0.15) is 0 Å². The molecule has 1 atom stereocenters. The van der Waals surface area contributed by atoms with Gasteiger partial charge in [0.25, 0.3) is 0 Å². The molecule has 18 heavy (non-hydrogen) atoms. The largest absolute Gasteiger partial charge is 0.461 e. The van der Waals surface area contributed by atoms with E-state index in [-0.39, 0.29) is 11.0 Å². The second-order valence-corrected chi connectivity index (χ2v) is 4.51. The Labute approximate surface area is 110 Å². The summed E-state index contributed by atoms with van der Waals surface area (Å²) in [6.07, 6.45) is 3.30. The highest BCUT2D eigenvalue weighted by molar-refractivity contribution is 6.28. The van der Waals surface area contributed by atoms with Crippen molar-refractivity contribution in [2.45, 2.75) is 19.8 Å². The molecule has 2 heterocycles. The molecule has 0 aliphatic carbocycles. The SMILES string of the molecule is CCOC(=O)c1nc(Cl)ncc1CC1CCOC1. The van der Waals surface area contributed by atoms with Crippen LogP contribution < -0.4 is 0 Å². The van der Waals surface area contributed by atoms with Crippen LogP contribution in [-0.2, 0) is 15.9 Å². The molecule has 5 nitrogen and oxygen atoms in total. The molecule has 1 aromatic heterocycles. The van der Waals surface area contributed by atoms with E-state index in [1.165, 1.54) is 0 Å². The molecule has 0 spiro atoms. The maximum atomic E-state index is 11.8. The van der Waals surface area contributed by atoms with Gasteiger partial charge in [-0.05, 0) is 37.3 Å². The summed E-state index contributed by atoms with van der Waals surface area (Å²) < 4.78 is 10.3. The first kappa shape index (κ1) is 13.2. The van der Waals surface area contributed by atoms with E-state index in [0.717, 1.165) is 18.6 Å². The van der Waals surface area contributed by atoms with Gasteiger partial charge >= 0.3 is 5.97 Å². The van der Waals surface area contributed by atoms with Crippen LogP contribution in [0.25, 0.3) is 0 Å². The van der Waals surface area contributed by atoms with Crippen molar-refractivity contribution >= 4 is 17.6 Å². The number of rotatable bonds is 4. The molecule has 0 saturated carbocycles. The fourth-order valence-corrected chi connectivity index (χ4v) is 2.10. The zero-order chi connectivity index (χ0) is 13.0. The molecule has 98 valence electrons. The predicted molar refractivity (Wildman–Crippen MR) is 65.6 cm³/mol. The Kier molecular flexibility index (Phi) is 4.49. The van der Waals surface area contributed by atoms with Gasteiger partial charge in [0.05, 0.1) is 6.61 Å². The summed E-state index contributed by atoms with van der Waals surface area (Å²) >= 11 is 5.72. The van der Waals surface area contributed by atoms with E-state index in [1.807, 2.05) is 0 Å². The molecule has 1 fully saturated rings. The fraction of sp³-hybridized carbons (Fsp3) is 0.583. The Hall–Kier alpha value is -1.20. The van der Waals surface area contributed by atoms with Crippen molar-refractivity contribution in [1.82, 2.24) is 9.97 Å². The number of aromatic nitrogens is 2. The second-order valence-electron chi connectivity index (χ2n) is 4.17. The third-order valence-corrected chi connectivity index (χ3v) is 3.02.